The third kappa shape index (κ3) is 3.57. The lowest BCUT2D eigenvalue weighted by molar-refractivity contribution is 0.983. The summed E-state index contributed by atoms with van der Waals surface area (Å²) in [5.74, 6) is 6.84. The van der Waals surface area contributed by atoms with E-state index in [0.717, 1.165) is 20.7 Å². The Morgan fingerprint density at radius 2 is 2.17 bits per heavy atom. The van der Waals surface area contributed by atoms with Gasteiger partial charge in [-0.15, -0.1) is 10.2 Å². The molecule has 2 aromatic rings. The molecule has 92 valence electrons. The summed E-state index contributed by atoms with van der Waals surface area (Å²) < 4.78 is 0.995. The number of benzene rings is 1. The van der Waals surface area contributed by atoms with Crippen LogP contribution in [0.1, 0.15) is 16.1 Å². The Balaban J connectivity index is 2.09. The van der Waals surface area contributed by atoms with Crippen LogP contribution in [0.3, 0.4) is 0 Å². The average Bonchev–Trinajstić information content (AvgIpc) is 2.81. The van der Waals surface area contributed by atoms with Crippen LogP contribution in [-0.4, -0.2) is 16.7 Å². The topological polar surface area (TPSA) is 51.8 Å². The molecule has 0 fully saturated rings. The average molecular weight is 275 g/mol. The van der Waals surface area contributed by atoms with Crippen molar-refractivity contribution in [2.24, 2.45) is 5.73 Å². The number of rotatable bonds is 3. The molecule has 2 N–H and O–H groups in total. The van der Waals surface area contributed by atoms with Crippen LogP contribution in [0.25, 0.3) is 0 Å². The Hall–Kier alpha value is -1.35. The summed E-state index contributed by atoms with van der Waals surface area (Å²) in [6.07, 6.45) is 0. The molecule has 0 saturated heterocycles. The quantitative estimate of drug-likeness (QED) is 0.690. The van der Waals surface area contributed by atoms with Gasteiger partial charge in [-0.3, -0.25) is 0 Å². The molecular weight excluding hydrogens is 262 g/mol. The van der Waals surface area contributed by atoms with E-state index in [9.17, 15) is 0 Å². The largest absolute Gasteiger partial charge is 0.320 e. The van der Waals surface area contributed by atoms with Gasteiger partial charge in [0, 0.05) is 11.3 Å². The molecule has 0 aliphatic heterocycles. The molecule has 0 amide bonds. The summed E-state index contributed by atoms with van der Waals surface area (Å²) in [6.45, 7) is 2.35. The van der Waals surface area contributed by atoms with Gasteiger partial charge in [0.25, 0.3) is 0 Å². The lowest BCUT2D eigenvalue weighted by atomic mass is 10.1. The van der Waals surface area contributed by atoms with Gasteiger partial charge in [-0.2, -0.15) is 0 Å². The van der Waals surface area contributed by atoms with Crippen molar-refractivity contribution >= 4 is 23.1 Å². The standard InChI is InChI=1S/C13H13N3S2/c1-10-15-16-13(18-10)17-9-12-6-3-2-5-11(12)7-4-8-14/h2-3,5-6H,8-9,14H2,1H3. The van der Waals surface area contributed by atoms with Gasteiger partial charge in [0.15, 0.2) is 4.34 Å². The van der Waals surface area contributed by atoms with Crippen molar-refractivity contribution in [2.45, 2.75) is 17.0 Å². The normalized spacial score (nSPS) is 9.89. The number of thioether (sulfide) groups is 1. The number of aryl methyl sites for hydroxylation is 1. The third-order valence-corrected chi connectivity index (χ3v) is 4.22. The molecule has 0 saturated carbocycles. The van der Waals surface area contributed by atoms with Crippen LogP contribution in [-0.2, 0) is 5.75 Å². The van der Waals surface area contributed by atoms with Gasteiger partial charge in [-0.25, -0.2) is 0 Å². The molecule has 1 heterocycles. The second-order valence-electron chi connectivity index (χ2n) is 3.54. The summed E-state index contributed by atoms with van der Waals surface area (Å²) in [5.41, 5.74) is 7.64. The van der Waals surface area contributed by atoms with E-state index in [0.29, 0.717) is 6.54 Å². The van der Waals surface area contributed by atoms with E-state index in [4.69, 9.17) is 5.73 Å². The Morgan fingerprint density at radius 1 is 1.33 bits per heavy atom. The summed E-state index contributed by atoms with van der Waals surface area (Å²) in [5, 5.41) is 9.10. The summed E-state index contributed by atoms with van der Waals surface area (Å²) in [7, 11) is 0. The molecule has 0 spiro atoms. The van der Waals surface area contributed by atoms with E-state index in [2.05, 4.69) is 28.1 Å². The Labute approximate surface area is 115 Å². The van der Waals surface area contributed by atoms with Gasteiger partial charge >= 0.3 is 0 Å². The van der Waals surface area contributed by atoms with Crippen LogP contribution in [0.15, 0.2) is 28.6 Å². The maximum atomic E-state index is 5.40. The SMILES string of the molecule is Cc1nnc(SCc2ccccc2C#CCN)s1. The summed E-state index contributed by atoms with van der Waals surface area (Å²) in [6, 6.07) is 8.12. The molecular formula is C13H13N3S2. The predicted octanol–water partition coefficient (Wildman–Crippen LogP) is 2.45. The molecule has 0 radical (unpaired) electrons. The van der Waals surface area contributed by atoms with Crippen LogP contribution < -0.4 is 5.73 Å². The minimum atomic E-state index is 0.386. The number of aromatic nitrogens is 2. The van der Waals surface area contributed by atoms with Crippen LogP contribution >= 0.6 is 23.1 Å². The highest BCUT2D eigenvalue weighted by molar-refractivity contribution is 8.00. The first-order valence-electron chi connectivity index (χ1n) is 5.49. The maximum absolute atomic E-state index is 5.40. The predicted molar refractivity (Wildman–Crippen MR) is 76.6 cm³/mol. The van der Waals surface area contributed by atoms with Gasteiger partial charge in [-0.05, 0) is 18.6 Å². The van der Waals surface area contributed by atoms with Gasteiger partial charge in [-0.1, -0.05) is 53.1 Å². The molecule has 0 aliphatic rings. The lowest BCUT2D eigenvalue weighted by Crippen LogP contribution is -1.94. The molecule has 5 heteroatoms. The Bertz CT molecular complexity index is 581. The van der Waals surface area contributed by atoms with E-state index >= 15 is 0 Å². The first kappa shape index (κ1) is 13.1. The van der Waals surface area contributed by atoms with Crippen LogP contribution in [0.5, 0.6) is 0 Å². The summed E-state index contributed by atoms with van der Waals surface area (Å²) in [4.78, 5) is 0. The molecule has 18 heavy (non-hydrogen) atoms. The zero-order valence-electron chi connectivity index (χ0n) is 10.0. The van der Waals surface area contributed by atoms with Gasteiger partial charge in [0.05, 0.1) is 6.54 Å². The number of nitrogens with two attached hydrogens (primary N) is 1. The highest BCUT2D eigenvalue weighted by atomic mass is 32.2. The molecule has 0 bridgehead atoms. The lowest BCUT2D eigenvalue weighted by Gasteiger charge is -2.02. The fourth-order valence-electron chi connectivity index (χ4n) is 1.39. The monoisotopic (exact) mass is 275 g/mol. The first-order chi connectivity index (χ1) is 8.79. The van der Waals surface area contributed by atoms with Crippen molar-refractivity contribution in [3.63, 3.8) is 0 Å². The van der Waals surface area contributed by atoms with E-state index in [1.165, 1.54) is 5.56 Å². The van der Waals surface area contributed by atoms with Crippen molar-refractivity contribution in [1.82, 2.24) is 10.2 Å². The van der Waals surface area contributed by atoms with Gasteiger partial charge < -0.3 is 5.73 Å². The molecule has 1 aromatic heterocycles. The van der Waals surface area contributed by atoms with E-state index in [1.807, 2.05) is 25.1 Å². The molecule has 1 aromatic carbocycles. The minimum Gasteiger partial charge on any atom is -0.320 e. The molecule has 0 unspecified atom stereocenters. The van der Waals surface area contributed by atoms with Crippen molar-refractivity contribution < 1.29 is 0 Å². The zero-order valence-corrected chi connectivity index (χ0v) is 11.6. The van der Waals surface area contributed by atoms with Crippen LogP contribution in [0.4, 0.5) is 0 Å². The van der Waals surface area contributed by atoms with E-state index < -0.39 is 0 Å². The number of hydrogen-bond donors (Lipinski definition) is 1. The number of nitrogens with zero attached hydrogens (tertiary/aromatic N) is 2. The van der Waals surface area contributed by atoms with Gasteiger partial charge in [0.2, 0.25) is 0 Å². The van der Waals surface area contributed by atoms with Crippen molar-refractivity contribution in [1.29, 1.82) is 0 Å². The van der Waals surface area contributed by atoms with Crippen molar-refractivity contribution in [2.75, 3.05) is 6.54 Å². The zero-order chi connectivity index (χ0) is 12.8. The van der Waals surface area contributed by atoms with Crippen molar-refractivity contribution in [3.05, 3.63) is 40.4 Å². The molecule has 2 rings (SSSR count). The fraction of sp³-hybridized carbons (Fsp3) is 0.231. The van der Waals surface area contributed by atoms with Gasteiger partial charge in [0.1, 0.15) is 5.01 Å². The fourth-order valence-corrected chi connectivity index (χ4v) is 3.21. The highest BCUT2D eigenvalue weighted by Gasteiger charge is 2.04. The second-order valence-corrected chi connectivity index (χ2v) is 5.94. The van der Waals surface area contributed by atoms with Crippen LogP contribution in [0, 0.1) is 18.8 Å². The summed E-state index contributed by atoms with van der Waals surface area (Å²) >= 11 is 3.30. The minimum absolute atomic E-state index is 0.386. The maximum Gasteiger partial charge on any atom is 0.174 e. The number of hydrogen-bond acceptors (Lipinski definition) is 5. The van der Waals surface area contributed by atoms with Crippen LogP contribution in [0.2, 0.25) is 0 Å². The third-order valence-electron chi connectivity index (χ3n) is 2.20. The molecule has 0 aliphatic carbocycles. The second kappa shape index (κ2) is 6.55. The smallest absolute Gasteiger partial charge is 0.174 e. The Morgan fingerprint density at radius 3 is 2.89 bits per heavy atom. The van der Waals surface area contributed by atoms with Crippen molar-refractivity contribution in [3.8, 4) is 11.8 Å². The molecule has 3 nitrogen and oxygen atoms in total. The van der Waals surface area contributed by atoms with E-state index in [1.54, 1.807) is 23.1 Å². The Kier molecular flexibility index (Phi) is 4.76. The first-order valence-corrected chi connectivity index (χ1v) is 7.29. The highest BCUT2D eigenvalue weighted by Crippen LogP contribution is 2.26. The molecule has 0 atom stereocenters. The van der Waals surface area contributed by atoms with E-state index in [-0.39, 0.29) is 0 Å².